The number of anilines is 7. The van der Waals surface area contributed by atoms with Crippen LogP contribution in [0.25, 0.3) is 10.9 Å². The van der Waals surface area contributed by atoms with Gasteiger partial charge in [-0.1, -0.05) is 195 Å². The van der Waals surface area contributed by atoms with Gasteiger partial charge in [0.25, 0.3) is 0 Å². The molecule has 0 spiro atoms. The Balaban J connectivity index is 0.000000101. The van der Waals surface area contributed by atoms with Gasteiger partial charge < -0.3 is 34.3 Å². The Hall–Kier alpha value is -7.34. The van der Waals surface area contributed by atoms with Crippen LogP contribution in [0.4, 0.5) is 39.8 Å². The fourth-order valence-corrected chi connectivity index (χ4v) is 18.8. The maximum Gasteiger partial charge on any atom is 0.494 e. The van der Waals surface area contributed by atoms with Crippen molar-refractivity contribution < 1.29 is 9.31 Å². The van der Waals surface area contributed by atoms with Crippen LogP contribution in [0, 0.1) is 27.7 Å². The maximum atomic E-state index is 6.31. The number of aryl methyl sites for hydroxylation is 6. The van der Waals surface area contributed by atoms with Crippen molar-refractivity contribution in [1.29, 1.82) is 0 Å². The molecule has 1 aromatic heterocycles. The Bertz CT molecular complexity index is 4430. The molecule has 5 aliphatic heterocycles. The minimum absolute atomic E-state index is 0.288. The summed E-state index contributed by atoms with van der Waals surface area (Å²) in [6.45, 7) is 17.0. The molecule has 10 aliphatic rings. The summed E-state index contributed by atoms with van der Waals surface area (Å²) in [5.74, 6) is 2.89. The molecular weight excluding hydrogens is 1340 g/mol. The summed E-state index contributed by atoms with van der Waals surface area (Å²) in [5, 5.41) is 5.03. The number of aromatic amines is 1. The zero-order valence-corrected chi connectivity index (χ0v) is 62.5. The normalized spacial score (nSPS) is 23.5. The lowest BCUT2D eigenvalue weighted by Gasteiger charge is -2.32. The standard InChI is InChI=1S/C24H30BNO2.C18H18BrN.C18H19N.C11H13N.C11H11N.C7H7Br/c1-16-9-12-18(13-10-16)26-21-8-6-7-19(21)20-15-17(11-14-22(20)26)25-27-23(2,3)24(4,5)28-25;1-12-5-8-14(9-6-12)20-17-4-2-3-15(17)16-11-13(19)7-10-18(16)20;1-13-9-11-14(12-10-13)19-17-7-3-2-5-15(17)16-6-4-8-18(16)19;2*1-2-6-10-8(4-1)9-5-3-7-11(9)12-10;1-6-2-4-7(8)5-3-6/h9-15,19,21H,6-8H2,1-5H3;5-11,15,17H,2-4H2,1H3;2-3,5,7,9-12,16,18H,4,6,8H2,1H3;1-2,4,6,9,11-12H,3,5,7H2;1-2,4,6,12H,3,5,7H2;2-5H,1H3. The largest absolute Gasteiger partial charge is 0.494 e. The highest BCUT2D eigenvalue weighted by Gasteiger charge is 2.53. The van der Waals surface area contributed by atoms with Crippen molar-refractivity contribution in [2.45, 2.75) is 211 Å². The number of rotatable bonds is 4. The van der Waals surface area contributed by atoms with Gasteiger partial charge in [0.05, 0.1) is 11.2 Å². The second kappa shape index (κ2) is 28.6. The van der Waals surface area contributed by atoms with Gasteiger partial charge in [0.1, 0.15) is 0 Å². The Morgan fingerprint density at radius 2 is 0.848 bits per heavy atom. The highest BCUT2D eigenvalue weighted by molar-refractivity contribution is 9.10. The molecule has 10 heteroatoms. The van der Waals surface area contributed by atoms with Crippen LogP contribution in [-0.4, -0.2) is 47.5 Å². The van der Waals surface area contributed by atoms with E-state index in [1.54, 1.807) is 16.7 Å². The van der Waals surface area contributed by atoms with Gasteiger partial charge in [-0.2, -0.15) is 0 Å². The van der Waals surface area contributed by atoms with Crippen LogP contribution < -0.4 is 25.5 Å². The van der Waals surface area contributed by atoms with E-state index >= 15 is 0 Å². The predicted molar refractivity (Wildman–Crippen MR) is 423 cm³/mol. The number of hydrogen-bond acceptors (Lipinski definition) is 6. The molecular formula is C89H98BBr2N5O2. The number of benzene rings is 9. The van der Waals surface area contributed by atoms with Crippen molar-refractivity contribution in [3.63, 3.8) is 0 Å². The van der Waals surface area contributed by atoms with Gasteiger partial charge in [-0.25, -0.2) is 0 Å². The number of aromatic nitrogens is 1. The lowest BCUT2D eigenvalue weighted by atomic mass is 9.77. The summed E-state index contributed by atoms with van der Waals surface area (Å²) in [5.41, 5.74) is 25.8. The summed E-state index contributed by atoms with van der Waals surface area (Å²) in [7, 11) is -0.288. The predicted octanol–water partition coefficient (Wildman–Crippen LogP) is 23.6. The van der Waals surface area contributed by atoms with E-state index in [2.05, 4.69) is 306 Å². The van der Waals surface area contributed by atoms with Crippen LogP contribution in [0.5, 0.6) is 0 Å². The average molecular weight is 1440 g/mol. The minimum atomic E-state index is -0.305. The third kappa shape index (κ3) is 13.6. The second-order valence-electron chi connectivity index (χ2n) is 30.8. The summed E-state index contributed by atoms with van der Waals surface area (Å²) in [6, 6.07) is 77.7. The van der Waals surface area contributed by atoms with Gasteiger partial charge in [0.2, 0.25) is 0 Å². The van der Waals surface area contributed by atoms with Crippen molar-refractivity contribution in [3.05, 3.63) is 271 Å². The number of nitrogens with one attached hydrogen (secondary N) is 2. The van der Waals surface area contributed by atoms with Crippen LogP contribution >= 0.6 is 31.9 Å². The Labute approximate surface area is 606 Å². The Kier molecular flexibility index (Phi) is 19.5. The van der Waals surface area contributed by atoms with Crippen molar-refractivity contribution >= 4 is 95.2 Å². The maximum absolute atomic E-state index is 6.31. The van der Waals surface area contributed by atoms with E-state index in [0.717, 1.165) is 27.8 Å². The summed E-state index contributed by atoms with van der Waals surface area (Å²) >= 11 is 6.97. The molecule has 0 radical (unpaired) electrons. The minimum Gasteiger partial charge on any atom is -0.399 e. The second-order valence-corrected chi connectivity index (χ2v) is 32.6. The first-order valence-corrected chi connectivity index (χ1v) is 38.7. The lowest BCUT2D eigenvalue weighted by molar-refractivity contribution is 0.00578. The van der Waals surface area contributed by atoms with Gasteiger partial charge in [0, 0.05) is 113 Å². The van der Waals surface area contributed by atoms with E-state index in [9.17, 15) is 0 Å². The molecule has 0 amide bonds. The van der Waals surface area contributed by atoms with Crippen molar-refractivity contribution in [2.75, 3.05) is 20.0 Å². The molecule has 2 N–H and O–H groups in total. The number of hydrogen-bond donors (Lipinski definition) is 2. The molecule has 0 bridgehead atoms. The van der Waals surface area contributed by atoms with Gasteiger partial charge in [-0.05, 0) is 250 Å². The summed E-state index contributed by atoms with van der Waals surface area (Å²) in [6.07, 6.45) is 19.8. The molecule has 9 aromatic carbocycles. The third-order valence-corrected chi connectivity index (χ3v) is 24.9. The molecule has 1 saturated heterocycles. The van der Waals surface area contributed by atoms with Gasteiger partial charge in [-0.3, -0.25) is 0 Å². The molecule has 20 rings (SSSR count). The number of halogens is 2. The highest BCUT2D eigenvalue weighted by atomic mass is 79.9. The van der Waals surface area contributed by atoms with Crippen molar-refractivity contribution in [3.8, 4) is 0 Å². The van der Waals surface area contributed by atoms with Gasteiger partial charge in [0.15, 0.2) is 0 Å². The number of nitrogens with zero attached hydrogens (tertiary/aromatic N) is 3. The molecule has 99 heavy (non-hydrogen) atoms. The number of H-pyrrole nitrogens is 1. The molecule has 5 aliphatic carbocycles. The van der Waals surface area contributed by atoms with Crippen LogP contribution in [-0.2, 0) is 22.2 Å². The van der Waals surface area contributed by atoms with E-state index in [1.165, 1.54) is 191 Å². The smallest absolute Gasteiger partial charge is 0.399 e. The van der Waals surface area contributed by atoms with Crippen LogP contribution in [0.3, 0.4) is 0 Å². The molecule has 8 unspecified atom stereocenters. The topological polar surface area (TPSA) is 56.0 Å². The molecule has 6 heterocycles. The molecule has 5 fully saturated rings. The van der Waals surface area contributed by atoms with Crippen LogP contribution in [0.2, 0.25) is 0 Å². The van der Waals surface area contributed by atoms with Crippen molar-refractivity contribution in [1.82, 2.24) is 4.98 Å². The summed E-state index contributed by atoms with van der Waals surface area (Å²) < 4.78 is 15.0. The molecule has 10 aromatic rings. The van der Waals surface area contributed by atoms with E-state index in [-0.39, 0.29) is 18.3 Å². The lowest BCUT2D eigenvalue weighted by Crippen LogP contribution is -2.41. The monoisotopic (exact) mass is 1440 g/mol. The fourth-order valence-electron chi connectivity index (χ4n) is 18.1. The number of fused-ring (bicyclic) bond motifs is 15. The number of para-hydroxylation sites is 3. The van der Waals surface area contributed by atoms with Crippen LogP contribution in [0.15, 0.2) is 215 Å². The average Bonchev–Trinajstić information content (AvgIpc) is 1.60. The zero-order valence-electron chi connectivity index (χ0n) is 59.3. The van der Waals surface area contributed by atoms with Gasteiger partial charge in [-0.15, -0.1) is 0 Å². The van der Waals surface area contributed by atoms with E-state index in [4.69, 9.17) is 9.31 Å². The van der Waals surface area contributed by atoms with Crippen LogP contribution in [0.1, 0.15) is 191 Å². The SMILES string of the molecule is Cc1ccc(Br)cc1.Cc1ccc(N2c3ccc(B4OC(C)(C)C(C)(C)O4)cc3C3CCCC32)cc1.Cc1ccc(N2c3ccc(Br)cc3C3CCCC32)cc1.Cc1ccc(N2c3ccccc3C3CCCC32)cc1.c1ccc2c(c1)NC1CCCC21.c1ccc2c3c([nH]c2c1)CCC3. The first kappa shape index (κ1) is 67.5. The quantitative estimate of drug-likeness (QED) is 0.171. The van der Waals surface area contributed by atoms with E-state index in [1.807, 2.05) is 12.1 Å². The first-order valence-electron chi connectivity index (χ1n) is 37.2. The Morgan fingerprint density at radius 3 is 1.41 bits per heavy atom. The first-order chi connectivity index (χ1) is 48.0. The molecule has 8 atom stereocenters. The van der Waals surface area contributed by atoms with E-state index < -0.39 is 0 Å². The highest BCUT2D eigenvalue weighted by Crippen LogP contribution is 2.56. The van der Waals surface area contributed by atoms with Crippen molar-refractivity contribution in [2.24, 2.45) is 0 Å². The third-order valence-electron chi connectivity index (χ3n) is 23.8. The fraction of sp³-hybridized carbons (Fsp3) is 0.371. The molecule has 7 nitrogen and oxygen atoms in total. The molecule has 508 valence electrons. The Morgan fingerprint density at radius 1 is 0.404 bits per heavy atom. The summed E-state index contributed by atoms with van der Waals surface area (Å²) in [4.78, 5) is 11.2. The zero-order chi connectivity index (χ0) is 68.1. The van der Waals surface area contributed by atoms with Gasteiger partial charge >= 0.3 is 7.12 Å². The van der Waals surface area contributed by atoms with E-state index in [0.29, 0.717) is 30.0 Å². The molecule has 4 saturated carbocycles.